The predicted molar refractivity (Wildman–Crippen MR) is 56.5 cm³/mol. The number of hydrogen-bond acceptors (Lipinski definition) is 1. The van der Waals surface area contributed by atoms with Gasteiger partial charge in [0.1, 0.15) is 0 Å². The zero-order chi connectivity index (χ0) is 9.56. The van der Waals surface area contributed by atoms with Gasteiger partial charge in [0.2, 0.25) is 0 Å². The van der Waals surface area contributed by atoms with Gasteiger partial charge < -0.3 is 4.90 Å². The molecule has 2 atom stereocenters. The van der Waals surface area contributed by atoms with E-state index >= 15 is 0 Å². The van der Waals surface area contributed by atoms with Crippen LogP contribution in [0.3, 0.4) is 0 Å². The van der Waals surface area contributed by atoms with Crippen molar-refractivity contribution in [3.63, 3.8) is 0 Å². The summed E-state index contributed by atoms with van der Waals surface area (Å²) in [5.41, 5.74) is 0. The Morgan fingerprint density at radius 3 is 2.17 bits per heavy atom. The van der Waals surface area contributed by atoms with Gasteiger partial charge in [-0.1, -0.05) is 20.8 Å². The third kappa shape index (κ3) is 4.10. The number of hydrogen-bond donors (Lipinski definition) is 0. The lowest BCUT2D eigenvalue weighted by molar-refractivity contribution is 0.263. The lowest BCUT2D eigenvalue weighted by atomic mass is 10.0. The lowest BCUT2D eigenvalue weighted by Gasteiger charge is -2.20. The zero-order valence-corrected chi connectivity index (χ0v) is 9.43. The van der Waals surface area contributed by atoms with Gasteiger partial charge in [-0.15, -0.1) is 0 Å². The maximum Gasteiger partial charge on any atom is 0.00639 e. The Bertz CT molecular complexity index is 89.2. The average Bonchev–Trinajstić information content (AvgIpc) is 2.24. The fourth-order valence-electron chi connectivity index (χ4n) is 1.53. The van der Waals surface area contributed by atoms with Gasteiger partial charge in [0.05, 0.1) is 0 Å². The molecule has 0 N–H and O–H groups in total. The molecule has 0 bridgehead atoms. The van der Waals surface area contributed by atoms with Crippen molar-refractivity contribution >= 4 is 0 Å². The fourth-order valence-corrected chi connectivity index (χ4v) is 1.53. The van der Waals surface area contributed by atoms with E-state index in [0.717, 1.165) is 12.0 Å². The van der Waals surface area contributed by atoms with Gasteiger partial charge in [0.15, 0.2) is 0 Å². The molecule has 1 nitrogen and oxygen atoms in total. The van der Waals surface area contributed by atoms with E-state index in [-0.39, 0.29) is 0 Å². The Kier molecular flexibility index (Phi) is 6.45. The van der Waals surface area contributed by atoms with Gasteiger partial charge >= 0.3 is 0 Å². The maximum absolute atomic E-state index is 2.48. The van der Waals surface area contributed by atoms with Crippen LogP contribution >= 0.6 is 0 Å². The van der Waals surface area contributed by atoms with Crippen molar-refractivity contribution in [1.82, 2.24) is 4.90 Å². The van der Waals surface area contributed by atoms with Gasteiger partial charge in [-0.25, -0.2) is 0 Å². The largest absolute Gasteiger partial charge is 0.304 e. The van der Waals surface area contributed by atoms with E-state index in [0.29, 0.717) is 0 Å². The molecule has 1 fully saturated rings. The zero-order valence-electron chi connectivity index (χ0n) is 9.43. The van der Waals surface area contributed by atoms with E-state index in [2.05, 4.69) is 25.8 Å². The summed E-state index contributed by atoms with van der Waals surface area (Å²) < 4.78 is 0. The Labute approximate surface area is 78.1 Å². The van der Waals surface area contributed by atoms with Gasteiger partial charge in [-0.05, 0) is 45.7 Å². The summed E-state index contributed by atoms with van der Waals surface area (Å²) in [7, 11) is 2.24. The minimum Gasteiger partial charge on any atom is -0.304 e. The van der Waals surface area contributed by atoms with E-state index < -0.39 is 0 Å². The second kappa shape index (κ2) is 6.47. The first-order valence-corrected chi connectivity index (χ1v) is 5.40. The minimum atomic E-state index is 0.810. The molecule has 0 aromatic heterocycles. The number of rotatable bonds is 0. The number of likely N-dealkylation sites (tertiary alicyclic amines) is 1. The van der Waals surface area contributed by atoms with Crippen molar-refractivity contribution in [3.05, 3.63) is 0 Å². The molecule has 1 saturated heterocycles. The minimum absolute atomic E-state index is 0.810. The highest BCUT2D eigenvalue weighted by Gasteiger charge is 2.15. The molecule has 0 aliphatic carbocycles. The molecule has 0 aromatic carbocycles. The van der Waals surface area contributed by atoms with Crippen LogP contribution in [-0.2, 0) is 0 Å². The van der Waals surface area contributed by atoms with E-state index in [4.69, 9.17) is 0 Å². The lowest BCUT2D eigenvalue weighted by Crippen LogP contribution is -2.27. The van der Waals surface area contributed by atoms with Crippen LogP contribution in [0.2, 0.25) is 0 Å². The highest BCUT2D eigenvalue weighted by atomic mass is 15.1. The quantitative estimate of drug-likeness (QED) is 0.541. The van der Waals surface area contributed by atoms with Crippen LogP contribution in [0.5, 0.6) is 0 Å². The van der Waals surface area contributed by atoms with Crippen molar-refractivity contribution in [2.24, 2.45) is 5.92 Å². The van der Waals surface area contributed by atoms with Crippen molar-refractivity contribution in [3.8, 4) is 0 Å². The molecule has 12 heavy (non-hydrogen) atoms. The van der Waals surface area contributed by atoms with E-state index in [9.17, 15) is 0 Å². The summed E-state index contributed by atoms with van der Waals surface area (Å²) in [5.74, 6) is 0.951. The normalized spacial score (nSPS) is 31.8. The molecule has 0 aromatic rings. The summed E-state index contributed by atoms with van der Waals surface area (Å²) in [6.45, 7) is 9.99. The molecule has 0 spiro atoms. The van der Waals surface area contributed by atoms with Gasteiger partial charge in [-0.3, -0.25) is 0 Å². The van der Waals surface area contributed by atoms with Gasteiger partial charge in [0.25, 0.3) is 0 Å². The molecule has 0 radical (unpaired) electrons. The van der Waals surface area contributed by atoms with Gasteiger partial charge in [-0.2, -0.15) is 0 Å². The second-order valence-electron chi connectivity index (χ2n) is 3.80. The van der Waals surface area contributed by atoms with Crippen LogP contribution in [0.4, 0.5) is 0 Å². The predicted octanol–water partition coefficient (Wildman–Crippen LogP) is 3.15. The first-order valence-electron chi connectivity index (χ1n) is 5.40. The standard InChI is InChI=1S/C9H19N.C2H6/c1-8-4-5-9(2)10(3)7-6-8;1-2/h8-9H,4-7H2,1-3H3;1-2H3. The van der Waals surface area contributed by atoms with Crippen molar-refractivity contribution < 1.29 is 0 Å². The number of nitrogens with zero attached hydrogens (tertiary/aromatic N) is 1. The van der Waals surface area contributed by atoms with Crippen molar-refractivity contribution in [2.45, 2.75) is 53.0 Å². The molecule has 2 unspecified atom stereocenters. The third-order valence-corrected chi connectivity index (χ3v) is 2.80. The third-order valence-electron chi connectivity index (χ3n) is 2.80. The van der Waals surface area contributed by atoms with Crippen molar-refractivity contribution in [2.75, 3.05) is 13.6 Å². The van der Waals surface area contributed by atoms with Gasteiger partial charge in [0, 0.05) is 6.04 Å². The SMILES string of the molecule is CC.CC1CCC(C)N(C)CC1. The Hall–Kier alpha value is -0.0400. The molecule has 1 heteroatoms. The summed E-state index contributed by atoms with van der Waals surface area (Å²) in [4.78, 5) is 2.48. The highest BCUT2D eigenvalue weighted by molar-refractivity contribution is 4.70. The summed E-state index contributed by atoms with van der Waals surface area (Å²) in [6.07, 6.45) is 4.20. The topological polar surface area (TPSA) is 3.24 Å². The second-order valence-corrected chi connectivity index (χ2v) is 3.80. The van der Waals surface area contributed by atoms with Crippen LogP contribution in [0.25, 0.3) is 0 Å². The summed E-state index contributed by atoms with van der Waals surface area (Å²) in [5, 5.41) is 0. The van der Waals surface area contributed by atoms with Crippen LogP contribution in [0.1, 0.15) is 47.0 Å². The molecule has 74 valence electrons. The molecule has 1 aliphatic heterocycles. The summed E-state index contributed by atoms with van der Waals surface area (Å²) in [6, 6.07) is 0.810. The molecule has 1 aliphatic rings. The first-order chi connectivity index (χ1) is 5.70. The highest BCUT2D eigenvalue weighted by Crippen LogP contribution is 2.19. The Morgan fingerprint density at radius 2 is 1.58 bits per heavy atom. The molecule has 1 rings (SSSR count). The molecule has 0 amide bonds. The maximum atomic E-state index is 2.48. The van der Waals surface area contributed by atoms with Crippen LogP contribution in [0.15, 0.2) is 0 Å². The molecule has 1 heterocycles. The van der Waals surface area contributed by atoms with E-state index in [1.54, 1.807) is 0 Å². The monoisotopic (exact) mass is 171 g/mol. The fraction of sp³-hybridized carbons (Fsp3) is 1.00. The smallest absolute Gasteiger partial charge is 0.00639 e. The Balaban J connectivity index is 0.000000561. The van der Waals surface area contributed by atoms with Crippen LogP contribution in [0, 0.1) is 5.92 Å². The van der Waals surface area contributed by atoms with E-state index in [1.165, 1.54) is 25.8 Å². The molecular weight excluding hydrogens is 146 g/mol. The molecular formula is C11H25N. The van der Waals surface area contributed by atoms with Crippen LogP contribution in [-0.4, -0.2) is 24.5 Å². The Morgan fingerprint density at radius 1 is 1.00 bits per heavy atom. The van der Waals surface area contributed by atoms with Crippen molar-refractivity contribution in [1.29, 1.82) is 0 Å². The first kappa shape index (κ1) is 12.0. The summed E-state index contributed by atoms with van der Waals surface area (Å²) >= 11 is 0. The van der Waals surface area contributed by atoms with E-state index in [1.807, 2.05) is 13.8 Å². The average molecular weight is 171 g/mol. The van der Waals surface area contributed by atoms with Crippen LogP contribution < -0.4 is 0 Å². The molecule has 0 saturated carbocycles.